The molecule has 0 radical (unpaired) electrons. The lowest BCUT2D eigenvalue weighted by atomic mass is 9.97. The zero-order valence-electron chi connectivity index (χ0n) is 13.5. The Labute approximate surface area is 139 Å². The highest BCUT2D eigenvalue weighted by molar-refractivity contribution is 5.92. The van der Waals surface area contributed by atoms with Crippen molar-refractivity contribution in [1.29, 1.82) is 0 Å². The van der Waals surface area contributed by atoms with Crippen LogP contribution in [0.5, 0.6) is 0 Å². The summed E-state index contributed by atoms with van der Waals surface area (Å²) in [5, 5.41) is 15.1. The number of nitrogens with one attached hydrogen (secondary N) is 1. The fraction of sp³-hybridized carbons (Fsp3) is 0.471. The SMILES string of the molecule is c1n[nH]cc1-c1cc(N2CC(CN3CCCC3)C2)c2nonc2c1. The van der Waals surface area contributed by atoms with Gasteiger partial charge in [0, 0.05) is 37.3 Å². The second kappa shape index (κ2) is 5.59. The van der Waals surface area contributed by atoms with Gasteiger partial charge in [-0.15, -0.1) is 0 Å². The van der Waals surface area contributed by atoms with Crippen molar-refractivity contribution < 1.29 is 4.63 Å². The van der Waals surface area contributed by atoms with Gasteiger partial charge in [0.25, 0.3) is 0 Å². The Kier molecular flexibility index (Phi) is 3.26. The van der Waals surface area contributed by atoms with Gasteiger partial charge in [-0.05, 0) is 53.9 Å². The van der Waals surface area contributed by atoms with Gasteiger partial charge < -0.3 is 9.80 Å². The fourth-order valence-electron chi connectivity index (χ4n) is 3.90. The van der Waals surface area contributed by atoms with Gasteiger partial charge in [-0.1, -0.05) is 0 Å². The Morgan fingerprint density at radius 3 is 2.79 bits per heavy atom. The first-order chi connectivity index (χ1) is 11.9. The Hall–Kier alpha value is -2.41. The van der Waals surface area contributed by atoms with E-state index < -0.39 is 0 Å². The van der Waals surface area contributed by atoms with E-state index in [1.807, 2.05) is 18.5 Å². The summed E-state index contributed by atoms with van der Waals surface area (Å²) < 4.78 is 4.97. The minimum atomic E-state index is 0.746. The van der Waals surface area contributed by atoms with E-state index in [9.17, 15) is 0 Å². The van der Waals surface area contributed by atoms with Gasteiger partial charge >= 0.3 is 0 Å². The molecule has 0 unspecified atom stereocenters. The lowest BCUT2D eigenvalue weighted by Gasteiger charge is -2.42. The van der Waals surface area contributed by atoms with Gasteiger partial charge in [0.15, 0.2) is 5.52 Å². The number of aromatic nitrogens is 4. The molecule has 0 amide bonds. The maximum Gasteiger partial charge on any atom is 0.158 e. The van der Waals surface area contributed by atoms with Crippen molar-refractivity contribution in [3.05, 3.63) is 24.5 Å². The Bertz CT molecular complexity index is 830. The first-order valence-electron chi connectivity index (χ1n) is 8.59. The topological polar surface area (TPSA) is 74.1 Å². The number of aromatic amines is 1. The van der Waals surface area contributed by atoms with E-state index in [1.165, 1.54) is 32.5 Å². The molecule has 2 aliphatic rings. The third kappa shape index (κ3) is 2.36. The van der Waals surface area contributed by atoms with E-state index in [1.54, 1.807) is 0 Å². The summed E-state index contributed by atoms with van der Waals surface area (Å²) in [6.45, 7) is 5.91. The van der Waals surface area contributed by atoms with Crippen molar-refractivity contribution in [2.45, 2.75) is 12.8 Å². The molecule has 0 spiro atoms. The van der Waals surface area contributed by atoms with E-state index >= 15 is 0 Å². The highest BCUT2D eigenvalue weighted by atomic mass is 16.6. The van der Waals surface area contributed by atoms with Crippen LogP contribution in [0, 0.1) is 5.92 Å². The first kappa shape index (κ1) is 14.0. The van der Waals surface area contributed by atoms with Gasteiger partial charge in [0.05, 0.1) is 11.9 Å². The minimum Gasteiger partial charge on any atom is -0.369 e. The summed E-state index contributed by atoms with van der Waals surface area (Å²) in [4.78, 5) is 4.98. The number of anilines is 1. The average Bonchev–Trinajstić information content (AvgIpc) is 3.31. The van der Waals surface area contributed by atoms with E-state index in [-0.39, 0.29) is 0 Å². The Morgan fingerprint density at radius 2 is 2.00 bits per heavy atom. The monoisotopic (exact) mass is 324 g/mol. The van der Waals surface area contributed by atoms with Gasteiger partial charge in [0.1, 0.15) is 5.52 Å². The minimum absolute atomic E-state index is 0.746. The molecule has 1 N–H and O–H groups in total. The van der Waals surface area contributed by atoms with Crippen molar-refractivity contribution in [3.63, 3.8) is 0 Å². The number of rotatable bonds is 4. The Balaban J connectivity index is 1.39. The second-order valence-electron chi connectivity index (χ2n) is 6.89. The molecule has 7 nitrogen and oxygen atoms in total. The number of hydrogen-bond donors (Lipinski definition) is 1. The molecular formula is C17H20N6O. The van der Waals surface area contributed by atoms with Gasteiger partial charge in [-0.2, -0.15) is 5.10 Å². The maximum atomic E-state index is 4.97. The van der Waals surface area contributed by atoms with Crippen LogP contribution in [0.4, 0.5) is 5.69 Å². The molecular weight excluding hydrogens is 304 g/mol. The van der Waals surface area contributed by atoms with Crippen LogP contribution in [-0.2, 0) is 0 Å². The van der Waals surface area contributed by atoms with Crippen LogP contribution in [0.3, 0.4) is 0 Å². The van der Waals surface area contributed by atoms with E-state index in [2.05, 4.69) is 36.4 Å². The molecule has 7 heteroatoms. The van der Waals surface area contributed by atoms with Crippen LogP contribution in [0.2, 0.25) is 0 Å². The summed E-state index contributed by atoms with van der Waals surface area (Å²) in [5.74, 6) is 0.746. The molecule has 24 heavy (non-hydrogen) atoms. The summed E-state index contributed by atoms with van der Waals surface area (Å²) >= 11 is 0. The molecule has 2 aromatic heterocycles. The van der Waals surface area contributed by atoms with Crippen molar-refractivity contribution in [1.82, 2.24) is 25.4 Å². The highest BCUT2D eigenvalue weighted by Gasteiger charge is 2.31. The van der Waals surface area contributed by atoms with Crippen molar-refractivity contribution in [2.24, 2.45) is 5.92 Å². The number of nitrogens with zero attached hydrogens (tertiary/aromatic N) is 5. The number of H-pyrrole nitrogens is 1. The average molecular weight is 324 g/mol. The molecule has 0 bridgehead atoms. The van der Waals surface area contributed by atoms with Crippen LogP contribution in [0.25, 0.3) is 22.2 Å². The van der Waals surface area contributed by atoms with E-state index in [0.29, 0.717) is 0 Å². The molecule has 0 aliphatic carbocycles. The molecule has 124 valence electrons. The normalized spacial score (nSPS) is 19.2. The van der Waals surface area contributed by atoms with Gasteiger partial charge in [-0.25, -0.2) is 4.63 Å². The number of benzene rings is 1. The largest absolute Gasteiger partial charge is 0.369 e. The zero-order chi connectivity index (χ0) is 15.9. The van der Waals surface area contributed by atoms with Crippen LogP contribution in [0.15, 0.2) is 29.2 Å². The highest BCUT2D eigenvalue weighted by Crippen LogP contribution is 2.35. The fourth-order valence-corrected chi connectivity index (χ4v) is 3.90. The maximum absolute atomic E-state index is 4.97. The smallest absolute Gasteiger partial charge is 0.158 e. The quantitative estimate of drug-likeness (QED) is 0.792. The standard InChI is InChI=1S/C17H20N6O/c1-2-4-22(3-1)9-12-10-23(11-12)16-6-13(14-7-18-19-8-14)5-15-17(16)21-24-20-15/h5-8,12H,1-4,9-11H2,(H,18,19). The second-order valence-corrected chi connectivity index (χ2v) is 6.89. The molecule has 2 fully saturated rings. The van der Waals surface area contributed by atoms with Crippen molar-refractivity contribution in [3.8, 4) is 11.1 Å². The third-order valence-electron chi connectivity index (χ3n) is 5.19. The van der Waals surface area contributed by atoms with Crippen LogP contribution >= 0.6 is 0 Å². The third-order valence-corrected chi connectivity index (χ3v) is 5.19. The van der Waals surface area contributed by atoms with Crippen LogP contribution < -0.4 is 4.90 Å². The molecule has 1 aromatic carbocycles. The predicted molar refractivity (Wildman–Crippen MR) is 90.8 cm³/mol. The first-order valence-corrected chi connectivity index (χ1v) is 8.59. The summed E-state index contributed by atoms with van der Waals surface area (Å²) in [7, 11) is 0. The zero-order valence-corrected chi connectivity index (χ0v) is 13.5. The van der Waals surface area contributed by atoms with Gasteiger partial charge in [-0.3, -0.25) is 5.10 Å². The van der Waals surface area contributed by atoms with E-state index in [0.717, 1.165) is 46.9 Å². The molecule has 2 saturated heterocycles. The summed E-state index contributed by atoms with van der Waals surface area (Å²) in [5.41, 5.74) is 4.90. The number of likely N-dealkylation sites (tertiary alicyclic amines) is 1. The lowest BCUT2D eigenvalue weighted by molar-refractivity contribution is 0.247. The molecule has 4 heterocycles. The predicted octanol–water partition coefficient (Wildman–Crippen LogP) is 2.14. The molecule has 0 atom stereocenters. The number of fused-ring (bicyclic) bond motifs is 1. The van der Waals surface area contributed by atoms with Crippen LogP contribution in [-0.4, -0.2) is 58.1 Å². The molecule has 5 rings (SSSR count). The van der Waals surface area contributed by atoms with Crippen LogP contribution in [0.1, 0.15) is 12.8 Å². The Morgan fingerprint density at radius 1 is 1.12 bits per heavy atom. The van der Waals surface area contributed by atoms with Gasteiger partial charge in [0.2, 0.25) is 0 Å². The summed E-state index contributed by atoms with van der Waals surface area (Å²) in [6.07, 6.45) is 6.43. The number of hydrogen-bond acceptors (Lipinski definition) is 6. The molecule has 3 aromatic rings. The van der Waals surface area contributed by atoms with E-state index in [4.69, 9.17) is 4.63 Å². The van der Waals surface area contributed by atoms with Crippen molar-refractivity contribution in [2.75, 3.05) is 37.6 Å². The molecule has 2 aliphatic heterocycles. The summed E-state index contributed by atoms with van der Waals surface area (Å²) in [6, 6.07) is 4.17. The molecule has 0 saturated carbocycles. The van der Waals surface area contributed by atoms with Crippen molar-refractivity contribution >= 4 is 16.7 Å². The lowest BCUT2D eigenvalue weighted by Crippen LogP contribution is -2.51.